The monoisotopic (exact) mass is 520 g/mol. The Hall–Kier alpha value is -2.99. The SMILES string of the molecule is N#CCc1cccc(S(=O)(=O)N(CC(F)(F)F)c2ccc(C(O)(C(F)(F)F)C(F)(F)F)cc2)c1. The zero-order valence-corrected chi connectivity index (χ0v) is 17.3. The number of hydrogen-bond donors (Lipinski definition) is 1. The van der Waals surface area contributed by atoms with Crippen LogP contribution in [0, 0.1) is 11.3 Å². The third kappa shape index (κ3) is 5.39. The Kier molecular flexibility index (Phi) is 7.20. The number of sulfonamides is 1. The van der Waals surface area contributed by atoms with Gasteiger partial charge in [0.25, 0.3) is 15.6 Å². The van der Waals surface area contributed by atoms with Crippen LogP contribution in [0.2, 0.25) is 0 Å². The predicted molar refractivity (Wildman–Crippen MR) is 98.8 cm³/mol. The Morgan fingerprint density at radius 2 is 1.41 bits per heavy atom. The molecule has 0 saturated carbocycles. The van der Waals surface area contributed by atoms with Crippen LogP contribution in [0.1, 0.15) is 11.1 Å². The van der Waals surface area contributed by atoms with E-state index in [1.54, 1.807) is 6.07 Å². The molecule has 0 spiro atoms. The Labute approximate surface area is 186 Å². The zero-order chi connectivity index (χ0) is 26.2. The van der Waals surface area contributed by atoms with Crippen molar-refractivity contribution in [1.29, 1.82) is 5.26 Å². The van der Waals surface area contributed by atoms with Crippen molar-refractivity contribution in [2.75, 3.05) is 10.8 Å². The maximum Gasteiger partial charge on any atom is 0.430 e. The summed E-state index contributed by atoms with van der Waals surface area (Å²) >= 11 is 0. The smallest absolute Gasteiger partial charge is 0.369 e. The van der Waals surface area contributed by atoms with Crippen LogP contribution in [0.3, 0.4) is 0 Å². The number of benzene rings is 2. The number of nitrogens with zero attached hydrogens (tertiary/aromatic N) is 2. The molecule has 2 aromatic carbocycles. The van der Waals surface area contributed by atoms with Gasteiger partial charge < -0.3 is 5.11 Å². The molecule has 0 amide bonds. The van der Waals surface area contributed by atoms with E-state index in [2.05, 4.69) is 0 Å². The van der Waals surface area contributed by atoms with Gasteiger partial charge in [-0.3, -0.25) is 4.31 Å². The minimum Gasteiger partial charge on any atom is -0.369 e. The molecule has 0 aliphatic rings. The molecule has 0 radical (unpaired) electrons. The van der Waals surface area contributed by atoms with E-state index in [1.807, 2.05) is 0 Å². The Morgan fingerprint density at radius 1 is 0.882 bits per heavy atom. The summed E-state index contributed by atoms with van der Waals surface area (Å²) in [4.78, 5) is -0.698. The van der Waals surface area contributed by atoms with E-state index in [9.17, 15) is 53.0 Å². The molecule has 0 atom stereocenters. The first kappa shape index (κ1) is 27.3. The molecule has 0 saturated heterocycles. The Morgan fingerprint density at radius 3 is 1.85 bits per heavy atom. The summed E-state index contributed by atoms with van der Waals surface area (Å²) in [5, 5.41) is 18.1. The second kappa shape index (κ2) is 8.99. The summed E-state index contributed by atoms with van der Waals surface area (Å²) in [5.74, 6) is 0. The molecule has 2 rings (SSSR count). The molecule has 0 aliphatic carbocycles. The van der Waals surface area contributed by atoms with E-state index < -0.39 is 56.8 Å². The van der Waals surface area contributed by atoms with Gasteiger partial charge in [0.05, 0.1) is 23.1 Å². The molecule has 0 heterocycles. The molecular weight excluding hydrogens is 507 g/mol. The van der Waals surface area contributed by atoms with Crippen LogP contribution in [-0.2, 0) is 22.0 Å². The molecule has 2 aromatic rings. The van der Waals surface area contributed by atoms with Crippen LogP contribution in [-0.4, -0.2) is 38.6 Å². The fourth-order valence-electron chi connectivity index (χ4n) is 2.87. The van der Waals surface area contributed by atoms with Gasteiger partial charge in [0.1, 0.15) is 6.54 Å². The first-order chi connectivity index (χ1) is 15.3. The van der Waals surface area contributed by atoms with Crippen molar-refractivity contribution in [3.63, 3.8) is 0 Å². The highest BCUT2D eigenvalue weighted by atomic mass is 32.2. The van der Waals surface area contributed by atoms with Crippen molar-refractivity contribution in [3.8, 4) is 6.07 Å². The zero-order valence-electron chi connectivity index (χ0n) is 16.5. The number of nitriles is 1. The van der Waals surface area contributed by atoms with Gasteiger partial charge >= 0.3 is 18.5 Å². The minimum absolute atomic E-state index is 0.0291. The maximum atomic E-state index is 13.1. The fourth-order valence-corrected chi connectivity index (χ4v) is 4.39. The quantitative estimate of drug-likeness (QED) is 0.554. The second-order valence-electron chi connectivity index (χ2n) is 6.86. The third-order valence-corrected chi connectivity index (χ3v) is 6.26. The maximum absolute atomic E-state index is 13.1. The number of hydrogen-bond acceptors (Lipinski definition) is 4. The number of halogens is 9. The summed E-state index contributed by atoms with van der Waals surface area (Å²) in [7, 11) is -5.04. The Bertz CT molecular complexity index is 1150. The average Bonchev–Trinajstić information content (AvgIpc) is 2.69. The number of aliphatic hydroxyl groups is 1. The second-order valence-corrected chi connectivity index (χ2v) is 8.72. The molecule has 0 bridgehead atoms. The summed E-state index contributed by atoms with van der Waals surface area (Å²) in [6.45, 7) is -2.17. The number of alkyl halides is 9. The van der Waals surface area contributed by atoms with Crippen LogP contribution in [0.4, 0.5) is 45.2 Å². The third-order valence-electron chi connectivity index (χ3n) is 4.49. The lowest BCUT2D eigenvalue weighted by molar-refractivity contribution is -0.376. The van der Waals surface area contributed by atoms with Crippen LogP contribution in [0.15, 0.2) is 53.4 Å². The standard InChI is InChI=1S/C19H13F9N2O3S/c20-16(21,22)11-30(34(32,33)15-3-1-2-12(10-15)8-9-29)14-6-4-13(5-7-14)17(31,18(23,24)25)19(26,27)28/h1-7,10,31H,8,11H2. The van der Waals surface area contributed by atoms with Crippen LogP contribution in [0.5, 0.6) is 0 Å². The minimum atomic E-state index is -6.24. The lowest BCUT2D eigenvalue weighted by atomic mass is 9.92. The van der Waals surface area contributed by atoms with Gasteiger partial charge in [-0.15, -0.1) is 0 Å². The van der Waals surface area contributed by atoms with Crippen molar-refractivity contribution in [2.24, 2.45) is 0 Å². The van der Waals surface area contributed by atoms with Crippen LogP contribution >= 0.6 is 0 Å². The molecule has 34 heavy (non-hydrogen) atoms. The lowest BCUT2D eigenvalue weighted by Gasteiger charge is -2.33. The van der Waals surface area contributed by atoms with E-state index in [0.717, 1.165) is 18.2 Å². The Balaban J connectivity index is 2.63. The van der Waals surface area contributed by atoms with Gasteiger partial charge in [-0.25, -0.2) is 8.42 Å². The lowest BCUT2D eigenvalue weighted by Crippen LogP contribution is -2.53. The van der Waals surface area contributed by atoms with Crippen molar-refractivity contribution in [3.05, 3.63) is 59.7 Å². The molecule has 0 fully saturated rings. The molecular formula is C19H13F9N2O3S. The molecule has 5 nitrogen and oxygen atoms in total. The van der Waals surface area contributed by atoms with Gasteiger partial charge in [-0.05, 0) is 29.8 Å². The van der Waals surface area contributed by atoms with E-state index in [1.165, 1.54) is 6.07 Å². The topological polar surface area (TPSA) is 81.4 Å². The molecule has 0 aromatic heterocycles. The fraction of sp³-hybridized carbons (Fsp3) is 0.316. The highest BCUT2D eigenvalue weighted by Crippen LogP contribution is 2.50. The predicted octanol–water partition coefficient (Wildman–Crippen LogP) is 4.82. The highest BCUT2D eigenvalue weighted by Gasteiger charge is 2.71. The normalized spacial score (nSPS) is 13.4. The largest absolute Gasteiger partial charge is 0.430 e. The van der Waals surface area contributed by atoms with Gasteiger partial charge in [0.15, 0.2) is 0 Å². The van der Waals surface area contributed by atoms with E-state index >= 15 is 0 Å². The summed E-state index contributed by atoms with van der Waals surface area (Å²) in [5.41, 5.74) is -7.92. The van der Waals surface area contributed by atoms with Gasteiger partial charge in [-0.2, -0.15) is 44.8 Å². The van der Waals surface area contributed by atoms with Crippen molar-refractivity contribution in [1.82, 2.24) is 0 Å². The summed E-state index contributed by atoms with van der Waals surface area (Å²) in [6, 6.07) is 6.59. The number of rotatable bonds is 6. The number of anilines is 1. The van der Waals surface area contributed by atoms with Crippen molar-refractivity contribution in [2.45, 2.75) is 35.4 Å². The molecule has 1 N–H and O–H groups in total. The average molecular weight is 520 g/mol. The molecule has 15 heteroatoms. The molecule has 186 valence electrons. The van der Waals surface area contributed by atoms with Crippen molar-refractivity contribution >= 4 is 15.7 Å². The van der Waals surface area contributed by atoms with Crippen LogP contribution in [0.25, 0.3) is 0 Å². The van der Waals surface area contributed by atoms with Gasteiger partial charge in [-0.1, -0.05) is 24.3 Å². The summed E-state index contributed by atoms with van der Waals surface area (Å²) in [6.07, 6.45) is -17.9. The first-order valence-electron chi connectivity index (χ1n) is 8.86. The summed E-state index contributed by atoms with van der Waals surface area (Å²) < 4.78 is 143. The molecule has 0 unspecified atom stereocenters. The van der Waals surface area contributed by atoms with E-state index in [4.69, 9.17) is 5.26 Å². The highest BCUT2D eigenvalue weighted by molar-refractivity contribution is 7.92. The van der Waals surface area contributed by atoms with Gasteiger partial charge in [0.2, 0.25) is 0 Å². The molecule has 0 aliphatic heterocycles. The van der Waals surface area contributed by atoms with E-state index in [0.29, 0.717) is 0 Å². The first-order valence-corrected chi connectivity index (χ1v) is 10.3. The van der Waals surface area contributed by atoms with Crippen LogP contribution < -0.4 is 4.31 Å². The van der Waals surface area contributed by atoms with E-state index in [-0.39, 0.29) is 40.6 Å². The van der Waals surface area contributed by atoms with Gasteiger partial charge in [0, 0.05) is 5.56 Å². The van der Waals surface area contributed by atoms with Crippen molar-refractivity contribution < 1.29 is 53.0 Å².